The molecule has 1 aromatic rings. The Hall–Kier alpha value is -0.900. The van der Waals surface area contributed by atoms with Crippen LogP contribution >= 0.6 is 15.9 Å². The molecule has 6 heteroatoms. The van der Waals surface area contributed by atoms with Gasteiger partial charge in [-0.1, -0.05) is 29.8 Å². The molecule has 0 aliphatic rings. The lowest BCUT2D eigenvalue weighted by atomic mass is 10.2. The van der Waals surface area contributed by atoms with E-state index < -0.39 is 10.0 Å². The van der Waals surface area contributed by atoms with Crippen LogP contribution in [0.3, 0.4) is 0 Å². The summed E-state index contributed by atoms with van der Waals surface area (Å²) >= 11 is 3.28. The van der Waals surface area contributed by atoms with E-state index in [2.05, 4.69) is 15.9 Å². The highest BCUT2D eigenvalue weighted by Crippen LogP contribution is 2.20. The molecule has 0 fully saturated rings. The van der Waals surface area contributed by atoms with Crippen LogP contribution in [0, 0.1) is 17.2 Å². The van der Waals surface area contributed by atoms with Crippen molar-refractivity contribution in [2.24, 2.45) is 5.92 Å². The fourth-order valence-corrected chi connectivity index (χ4v) is 3.52. The first-order valence-electron chi connectivity index (χ1n) is 6.00. The van der Waals surface area contributed by atoms with Crippen LogP contribution in [0.1, 0.15) is 20.3 Å². The third kappa shape index (κ3) is 4.60. The van der Waals surface area contributed by atoms with E-state index in [1.807, 2.05) is 19.9 Å². The maximum absolute atomic E-state index is 12.5. The predicted molar refractivity (Wildman–Crippen MR) is 78.0 cm³/mol. The van der Waals surface area contributed by atoms with Crippen LogP contribution in [0.15, 0.2) is 33.6 Å². The predicted octanol–water partition coefficient (Wildman–Crippen LogP) is 3.01. The lowest BCUT2D eigenvalue weighted by Crippen LogP contribution is -2.35. The Labute approximate surface area is 123 Å². The summed E-state index contributed by atoms with van der Waals surface area (Å²) in [6.45, 7) is 4.56. The van der Waals surface area contributed by atoms with Crippen LogP contribution in [0.4, 0.5) is 0 Å². The Morgan fingerprint density at radius 1 is 1.32 bits per heavy atom. The number of sulfonamides is 1. The van der Waals surface area contributed by atoms with Crippen LogP contribution in [-0.4, -0.2) is 25.8 Å². The van der Waals surface area contributed by atoms with E-state index in [0.717, 1.165) is 4.47 Å². The highest BCUT2D eigenvalue weighted by Gasteiger charge is 2.24. The van der Waals surface area contributed by atoms with Gasteiger partial charge in [-0.3, -0.25) is 0 Å². The molecule has 0 unspecified atom stereocenters. The quantitative estimate of drug-likeness (QED) is 0.796. The van der Waals surface area contributed by atoms with Crippen LogP contribution < -0.4 is 0 Å². The molecule has 0 bridgehead atoms. The fraction of sp³-hybridized carbons (Fsp3) is 0.462. The van der Waals surface area contributed by atoms with Crippen molar-refractivity contribution in [2.75, 3.05) is 13.1 Å². The van der Waals surface area contributed by atoms with Crippen LogP contribution in [0.5, 0.6) is 0 Å². The molecule has 0 atom stereocenters. The Kier molecular flexibility index (Phi) is 5.98. The molecule has 1 aromatic carbocycles. The molecule has 0 saturated carbocycles. The largest absolute Gasteiger partial charge is 0.243 e. The third-order valence-electron chi connectivity index (χ3n) is 2.49. The number of halogens is 1. The first-order valence-corrected chi connectivity index (χ1v) is 8.24. The molecule has 0 aromatic heterocycles. The lowest BCUT2D eigenvalue weighted by molar-refractivity contribution is 0.373. The van der Waals surface area contributed by atoms with Crippen molar-refractivity contribution < 1.29 is 8.42 Å². The van der Waals surface area contributed by atoms with Crippen molar-refractivity contribution in [3.8, 4) is 6.07 Å². The van der Waals surface area contributed by atoms with Crippen molar-refractivity contribution >= 4 is 26.0 Å². The number of rotatable bonds is 6. The monoisotopic (exact) mass is 344 g/mol. The second-order valence-corrected chi connectivity index (χ2v) is 7.47. The van der Waals surface area contributed by atoms with E-state index >= 15 is 0 Å². The topological polar surface area (TPSA) is 61.2 Å². The first kappa shape index (κ1) is 16.2. The molecule has 0 aliphatic carbocycles. The fourth-order valence-electron chi connectivity index (χ4n) is 1.65. The highest BCUT2D eigenvalue weighted by molar-refractivity contribution is 9.10. The molecule has 19 heavy (non-hydrogen) atoms. The van der Waals surface area contributed by atoms with E-state index in [1.54, 1.807) is 24.3 Å². The van der Waals surface area contributed by atoms with Crippen molar-refractivity contribution in [3.05, 3.63) is 28.7 Å². The molecule has 104 valence electrons. The average Bonchev–Trinajstić information content (AvgIpc) is 2.34. The van der Waals surface area contributed by atoms with E-state index in [9.17, 15) is 8.42 Å². The van der Waals surface area contributed by atoms with E-state index in [1.165, 1.54) is 4.31 Å². The van der Waals surface area contributed by atoms with Gasteiger partial charge in [0, 0.05) is 24.0 Å². The number of nitrogens with zero attached hydrogens (tertiary/aromatic N) is 2. The minimum atomic E-state index is -3.52. The second-order valence-electron chi connectivity index (χ2n) is 4.62. The van der Waals surface area contributed by atoms with Crippen LogP contribution in [-0.2, 0) is 10.0 Å². The smallest absolute Gasteiger partial charge is 0.207 e. The molecule has 0 N–H and O–H groups in total. The van der Waals surface area contributed by atoms with Gasteiger partial charge in [-0.15, -0.1) is 0 Å². The molecule has 1 rings (SSSR count). The van der Waals surface area contributed by atoms with Gasteiger partial charge >= 0.3 is 0 Å². The van der Waals surface area contributed by atoms with Gasteiger partial charge in [-0.2, -0.15) is 9.57 Å². The van der Waals surface area contributed by atoms with Gasteiger partial charge < -0.3 is 0 Å². The first-order chi connectivity index (χ1) is 8.87. The molecular formula is C13H17BrN2O2S. The zero-order valence-corrected chi connectivity index (χ0v) is 13.4. The molecule has 0 saturated heterocycles. The van der Waals surface area contributed by atoms with Gasteiger partial charge in [0.1, 0.15) is 0 Å². The zero-order chi connectivity index (χ0) is 14.5. The van der Waals surface area contributed by atoms with E-state index in [4.69, 9.17) is 5.26 Å². The molecule has 0 heterocycles. The normalized spacial score (nSPS) is 11.8. The Morgan fingerprint density at radius 3 is 2.37 bits per heavy atom. The molecule has 0 radical (unpaired) electrons. The molecule has 4 nitrogen and oxygen atoms in total. The van der Waals surface area contributed by atoms with Crippen molar-refractivity contribution in [3.63, 3.8) is 0 Å². The summed E-state index contributed by atoms with van der Waals surface area (Å²) in [7, 11) is -3.52. The van der Waals surface area contributed by atoms with Gasteiger partial charge in [0.25, 0.3) is 0 Å². The number of hydrogen-bond donors (Lipinski definition) is 0. The highest BCUT2D eigenvalue weighted by atomic mass is 79.9. The van der Waals surface area contributed by atoms with Crippen LogP contribution in [0.25, 0.3) is 0 Å². The maximum atomic E-state index is 12.5. The molecular weight excluding hydrogens is 328 g/mol. The summed E-state index contributed by atoms with van der Waals surface area (Å²) < 4.78 is 27.2. The number of benzene rings is 1. The summed E-state index contributed by atoms with van der Waals surface area (Å²) in [6, 6.07) is 8.53. The van der Waals surface area contributed by atoms with Gasteiger partial charge in [0.2, 0.25) is 10.0 Å². The molecule has 0 spiro atoms. The summed E-state index contributed by atoms with van der Waals surface area (Å²) in [6.07, 6.45) is 0.197. The van der Waals surface area contributed by atoms with Gasteiger partial charge in [0.15, 0.2) is 0 Å². The van der Waals surface area contributed by atoms with Gasteiger partial charge in [-0.05, 0) is 30.2 Å². The number of nitriles is 1. The minimum absolute atomic E-state index is 0.197. The zero-order valence-electron chi connectivity index (χ0n) is 11.0. The summed E-state index contributed by atoms with van der Waals surface area (Å²) in [5.41, 5.74) is 0. The number of hydrogen-bond acceptors (Lipinski definition) is 3. The Morgan fingerprint density at radius 2 is 1.89 bits per heavy atom. The summed E-state index contributed by atoms with van der Waals surface area (Å²) in [5, 5.41) is 8.64. The van der Waals surface area contributed by atoms with Crippen molar-refractivity contribution in [1.82, 2.24) is 4.31 Å². The lowest BCUT2D eigenvalue weighted by Gasteiger charge is -2.23. The van der Waals surface area contributed by atoms with Crippen molar-refractivity contribution in [2.45, 2.75) is 25.2 Å². The Balaban J connectivity index is 3.04. The maximum Gasteiger partial charge on any atom is 0.243 e. The Bertz CT molecular complexity index is 547. The van der Waals surface area contributed by atoms with Gasteiger partial charge in [-0.25, -0.2) is 8.42 Å². The van der Waals surface area contributed by atoms with Gasteiger partial charge in [0.05, 0.1) is 11.0 Å². The standard InChI is InChI=1S/C13H17BrN2O2S/c1-11(2)10-16(9-3-8-15)19(17,18)13-6-4-12(14)5-7-13/h4-7,11H,3,9-10H2,1-2H3. The van der Waals surface area contributed by atoms with E-state index in [0.29, 0.717) is 6.54 Å². The van der Waals surface area contributed by atoms with E-state index in [-0.39, 0.29) is 23.8 Å². The SMILES string of the molecule is CC(C)CN(CCC#N)S(=O)(=O)c1ccc(Br)cc1. The van der Waals surface area contributed by atoms with Crippen LogP contribution in [0.2, 0.25) is 0 Å². The molecule has 0 aliphatic heterocycles. The molecule has 0 amide bonds. The summed E-state index contributed by atoms with van der Waals surface area (Å²) in [4.78, 5) is 0.259. The summed E-state index contributed by atoms with van der Waals surface area (Å²) in [5.74, 6) is 0.212. The minimum Gasteiger partial charge on any atom is -0.207 e. The average molecular weight is 345 g/mol. The third-order valence-corrected chi connectivity index (χ3v) is 4.90. The van der Waals surface area contributed by atoms with Crippen molar-refractivity contribution in [1.29, 1.82) is 5.26 Å². The second kappa shape index (κ2) is 7.04.